The van der Waals surface area contributed by atoms with Crippen LogP contribution in [0.15, 0.2) is 0 Å². The lowest BCUT2D eigenvalue weighted by Crippen LogP contribution is -2.29. The third kappa shape index (κ3) is 4.28. The summed E-state index contributed by atoms with van der Waals surface area (Å²) in [6, 6.07) is 0. The van der Waals surface area contributed by atoms with E-state index in [1.807, 2.05) is 0 Å². The van der Waals surface area contributed by atoms with E-state index < -0.39 is 0 Å². The molecule has 6 atom stereocenters. The van der Waals surface area contributed by atoms with E-state index in [1.54, 1.807) is 0 Å². The molecule has 1 nitrogen and oxygen atoms in total. The Kier molecular flexibility index (Phi) is 7.73. The van der Waals surface area contributed by atoms with Crippen LogP contribution < -0.4 is 0 Å². The van der Waals surface area contributed by atoms with Gasteiger partial charge in [0.2, 0.25) is 0 Å². The summed E-state index contributed by atoms with van der Waals surface area (Å²) in [5.74, 6) is 0.945. The molecule has 84 valence electrons. The second-order valence-electron chi connectivity index (χ2n) is 3.87. The van der Waals surface area contributed by atoms with Crippen molar-refractivity contribution < 1.29 is 4.74 Å². The maximum Gasteiger partial charge on any atom is 0.0542 e. The van der Waals surface area contributed by atoms with Crippen LogP contribution in [0.4, 0.5) is 0 Å². The minimum Gasteiger partial charge on any atom is -0.381 e. The Morgan fingerprint density at radius 2 is 2.36 bits per heavy atom. The zero-order chi connectivity index (χ0) is 10.4. The van der Waals surface area contributed by atoms with Crippen LogP contribution in [0.2, 0.25) is 0 Å². The van der Waals surface area contributed by atoms with Crippen LogP contribution in [-0.4, -0.2) is 18.9 Å². The van der Waals surface area contributed by atoms with Crippen LogP contribution in [0.1, 0.15) is 32.6 Å². The molecule has 0 spiro atoms. The Bertz CT molecular complexity index is 156. The molecule has 4 unspecified atom stereocenters. The minimum atomic E-state index is 0.130. The third-order valence-corrected chi connectivity index (χ3v) is 14.2. The van der Waals surface area contributed by atoms with Crippen molar-refractivity contribution in [2.24, 2.45) is 5.92 Å². The summed E-state index contributed by atoms with van der Waals surface area (Å²) in [5.41, 5.74) is 0.853. The fourth-order valence-corrected chi connectivity index (χ4v) is 7.33. The van der Waals surface area contributed by atoms with E-state index in [0.29, 0.717) is 0 Å². The van der Waals surface area contributed by atoms with E-state index in [1.165, 1.54) is 25.7 Å². The average Bonchev–Trinajstić information content (AvgIpc) is 2.25. The van der Waals surface area contributed by atoms with Gasteiger partial charge < -0.3 is 4.74 Å². The molecule has 0 N–H and O–H groups in total. The number of rotatable bonds is 5. The maximum atomic E-state index is 5.61. The summed E-state index contributed by atoms with van der Waals surface area (Å²) in [6.07, 6.45) is 5.46. The van der Waals surface area contributed by atoms with Crippen molar-refractivity contribution >= 4 is 33.1 Å². The van der Waals surface area contributed by atoms with Crippen molar-refractivity contribution in [3.8, 4) is 0 Å². The standard InChI is InChI=1S/C9H22OP4/c1-2-3-4-8-5-6-10-7-9(8)14(12)13-11/h8-9,13H,2-7,11-12H2,1H3/t8-,9+,14?/m0/s1. The van der Waals surface area contributed by atoms with Gasteiger partial charge in [0.1, 0.15) is 0 Å². The van der Waals surface area contributed by atoms with Gasteiger partial charge in [0.25, 0.3) is 0 Å². The highest BCUT2D eigenvalue weighted by Crippen LogP contribution is 2.71. The molecular formula is C9H22OP4. The first-order valence-electron chi connectivity index (χ1n) is 5.37. The lowest BCUT2D eigenvalue weighted by molar-refractivity contribution is 0.0683. The third-order valence-electron chi connectivity index (χ3n) is 2.90. The highest BCUT2D eigenvalue weighted by molar-refractivity contribution is 8.61. The van der Waals surface area contributed by atoms with Crippen molar-refractivity contribution in [1.82, 2.24) is 0 Å². The summed E-state index contributed by atoms with van der Waals surface area (Å²) in [6.45, 7) is 4.30. The summed E-state index contributed by atoms with van der Waals surface area (Å²) in [7, 11) is 7.13. The van der Waals surface area contributed by atoms with E-state index in [9.17, 15) is 0 Å². The van der Waals surface area contributed by atoms with Crippen molar-refractivity contribution in [2.75, 3.05) is 13.2 Å². The summed E-state index contributed by atoms with van der Waals surface area (Å²) in [4.78, 5) is 0. The summed E-state index contributed by atoms with van der Waals surface area (Å²) in [5, 5.41) is 0. The zero-order valence-corrected chi connectivity index (χ0v) is 13.1. The van der Waals surface area contributed by atoms with Crippen LogP contribution >= 0.6 is 33.1 Å². The highest BCUT2D eigenvalue weighted by Gasteiger charge is 2.28. The summed E-state index contributed by atoms with van der Waals surface area (Å²) >= 11 is 0. The molecule has 0 aromatic heterocycles. The fourth-order valence-electron chi connectivity index (χ4n) is 1.97. The number of unbranched alkanes of at least 4 members (excludes halogenated alkanes) is 1. The Labute approximate surface area is 95.5 Å². The highest BCUT2D eigenvalue weighted by atomic mass is 32.6. The lowest BCUT2D eigenvalue weighted by Gasteiger charge is -2.35. The molecule has 0 amide bonds. The molecule has 1 saturated heterocycles. The predicted molar refractivity (Wildman–Crippen MR) is 76.9 cm³/mol. The van der Waals surface area contributed by atoms with Crippen LogP contribution in [0.5, 0.6) is 0 Å². The molecule has 0 aliphatic carbocycles. The molecular weight excluding hydrogens is 248 g/mol. The number of hydrogen-bond donors (Lipinski definition) is 0. The van der Waals surface area contributed by atoms with Gasteiger partial charge in [-0.15, -0.1) is 17.9 Å². The van der Waals surface area contributed by atoms with Gasteiger partial charge in [0.05, 0.1) is 6.61 Å². The van der Waals surface area contributed by atoms with Gasteiger partial charge in [-0.3, -0.25) is 0 Å². The first-order valence-corrected chi connectivity index (χ1v) is 12.1. The van der Waals surface area contributed by atoms with Crippen LogP contribution in [0.3, 0.4) is 0 Å². The normalized spacial score (nSPS) is 31.1. The molecule has 1 aliphatic heterocycles. The summed E-state index contributed by atoms with van der Waals surface area (Å²) < 4.78 is 5.61. The number of hydrogen-bond acceptors (Lipinski definition) is 1. The largest absolute Gasteiger partial charge is 0.381 e. The Morgan fingerprint density at radius 3 is 3.00 bits per heavy atom. The molecule has 0 bridgehead atoms. The predicted octanol–water partition coefficient (Wildman–Crippen LogP) is 4.24. The van der Waals surface area contributed by atoms with Gasteiger partial charge in [0.15, 0.2) is 0 Å². The van der Waals surface area contributed by atoms with Crippen LogP contribution in [0, 0.1) is 5.92 Å². The van der Waals surface area contributed by atoms with E-state index >= 15 is 0 Å². The van der Waals surface area contributed by atoms with E-state index in [2.05, 4.69) is 24.8 Å². The maximum absolute atomic E-state index is 5.61. The van der Waals surface area contributed by atoms with Gasteiger partial charge >= 0.3 is 0 Å². The van der Waals surface area contributed by atoms with Gasteiger partial charge in [0, 0.05) is 12.3 Å². The quantitative estimate of drug-likeness (QED) is 0.679. The number of ether oxygens (including phenoxy) is 1. The van der Waals surface area contributed by atoms with Gasteiger partial charge in [-0.2, -0.15) is 0 Å². The second-order valence-corrected chi connectivity index (χ2v) is 13.5. The Hall–Kier alpha value is 1.68. The Morgan fingerprint density at radius 1 is 1.57 bits per heavy atom. The van der Waals surface area contributed by atoms with Crippen molar-refractivity contribution in [3.05, 3.63) is 0 Å². The molecule has 0 radical (unpaired) electrons. The van der Waals surface area contributed by atoms with Crippen molar-refractivity contribution in [3.63, 3.8) is 0 Å². The molecule has 1 heterocycles. The van der Waals surface area contributed by atoms with Crippen molar-refractivity contribution in [2.45, 2.75) is 38.3 Å². The minimum absolute atomic E-state index is 0.130. The molecule has 0 aromatic rings. The zero-order valence-electron chi connectivity index (χ0n) is 8.91. The monoisotopic (exact) mass is 270 g/mol. The lowest BCUT2D eigenvalue weighted by atomic mass is 9.94. The smallest absolute Gasteiger partial charge is 0.0542 e. The van der Waals surface area contributed by atoms with Gasteiger partial charge in [-0.1, -0.05) is 35.0 Å². The topological polar surface area (TPSA) is 9.23 Å². The van der Waals surface area contributed by atoms with E-state index in [-0.39, 0.29) is 7.30 Å². The molecule has 1 aliphatic rings. The van der Waals surface area contributed by atoms with Crippen LogP contribution in [-0.2, 0) is 4.74 Å². The molecule has 0 saturated carbocycles. The molecule has 1 rings (SSSR count). The van der Waals surface area contributed by atoms with Gasteiger partial charge in [-0.05, 0) is 18.8 Å². The van der Waals surface area contributed by atoms with E-state index in [4.69, 9.17) is 4.74 Å². The molecule has 5 heteroatoms. The van der Waals surface area contributed by atoms with Crippen molar-refractivity contribution in [1.29, 1.82) is 0 Å². The van der Waals surface area contributed by atoms with E-state index in [0.717, 1.165) is 32.7 Å². The Balaban J connectivity index is 2.41. The first-order chi connectivity index (χ1) is 6.79. The average molecular weight is 270 g/mol. The molecule has 1 fully saturated rings. The molecule has 14 heavy (non-hydrogen) atoms. The second kappa shape index (κ2) is 7.87. The molecule has 0 aromatic carbocycles. The SMILES string of the molecule is CCCC[C@H]1CCOC[C@H]1P(P)PP. The van der Waals surface area contributed by atoms with Gasteiger partial charge in [-0.25, -0.2) is 0 Å². The van der Waals surface area contributed by atoms with Crippen LogP contribution in [0.25, 0.3) is 0 Å². The first kappa shape index (κ1) is 13.7. The fraction of sp³-hybridized carbons (Fsp3) is 1.00.